The lowest BCUT2D eigenvalue weighted by Gasteiger charge is -2.06. The van der Waals surface area contributed by atoms with Gasteiger partial charge in [0.2, 0.25) is 0 Å². The number of aryl methyl sites for hydroxylation is 1. The van der Waals surface area contributed by atoms with Gasteiger partial charge in [-0.15, -0.1) is 0 Å². The van der Waals surface area contributed by atoms with Crippen LogP contribution in [0.5, 0.6) is 5.75 Å². The number of benzene rings is 1. The van der Waals surface area contributed by atoms with Gasteiger partial charge in [0.15, 0.2) is 6.29 Å². The maximum atomic E-state index is 11.0. The van der Waals surface area contributed by atoms with Gasteiger partial charge < -0.3 is 4.74 Å². The van der Waals surface area contributed by atoms with Crippen LogP contribution in [-0.2, 0) is 6.54 Å². The molecule has 4 heteroatoms. The fraction of sp³-hybridized carbons (Fsp3) is 0.375. The summed E-state index contributed by atoms with van der Waals surface area (Å²) in [6.45, 7) is 5.47. The Bertz CT molecular complexity index is 547. The van der Waals surface area contributed by atoms with Crippen LogP contribution in [0.3, 0.4) is 0 Å². The van der Waals surface area contributed by atoms with Crippen molar-refractivity contribution in [3.63, 3.8) is 0 Å². The van der Waals surface area contributed by atoms with Crippen molar-refractivity contribution in [2.24, 2.45) is 0 Å². The van der Waals surface area contributed by atoms with Crippen LogP contribution in [0.4, 0.5) is 0 Å². The molecule has 2 aromatic rings. The van der Waals surface area contributed by atoms with E-state index in [1.165, 1.54) is 0 Å². The van der Waals surface area contributed by atoms with Crippen molar-refractivity contribution in [2.45, 2.75) is 32.7 Å². The molecule has 0 fully saturated rings. The van der Waals surface area contributed by atoms with Crippen LogP contribution in [-0.4, -0.2) is 22.7 Å². The molecule has 0 radical (unpaired) electrons. The number of aldehydes is 1. The number of carbonyl (C=O) groups is 1. The van der Waals surface area contributed by atoms with Crippen molar-refractivity contribution < 1.29 is 9.53 Å². The molecule has 0 aliphatic heterocycles. The third-order valence-electron chi connectivity index (χ3n) is 3.04. The average Bonchev–Trinajstić information content (AvgIpc) is 2.88. The van der Waals surface area contributed by atoms with Crippen LogP contribution in [0.2, 0.25) is 0 Å². The summed E-state index contributed by atoms with van der Waals surface area (Å²) < 4.78 is 7.45. The van der Waals surface area contributed by atoms with Gasteiger partial charge in [-0.25, -0.2) is 0 Å². The van der Waals surface area contributed by atoms with Gasteiger partial charge in [-0.3, -0.25) is 9.48 Å². The Kier molecular flexibility index (Phi) is 4.93. The second-order valence-electron chi connectivity index (χ2n) is 5.02. The van der Waals surface area contributed by atoms with Crippen LogP contribution in [0.25, 0.3) is 0 Å². The smallest absolute Gasteiger partial charge is 0.153 e. The van der Waals surface area contributed by atoms with E-state index in [4.69, 9.17) is 4.74 Å². The zero-order valence-electron chi connectivity index (χ0n) is 12.0. The van der Waals surface area contributed by atoms with Gasteiger partial charge in [-0.1, -0.05) is 32.0 Å². The summed E-state index contributed by atoms with van der Waals surface area (Å²) >= 11 is 0. The topological polar surface area (TPSA) is 44.1 Å². The Morgan fingerprint density at radius 3 is 2.65 bits per heavy atom. The SMILES string of the molecule is CC(C)c1nn(CCCOc2ccccc2)cc1C=O. The minimum Gasteiger partial charge on any atom is -0.494 e. The zero-order valence-corrected chi connectivity index (χ0v) is 12.0. The van der Waals surface area contributed by atoms with Crippen LogP contribution in [0.1, 0.15) is 42.2 Å². The molecule has 106 valence electrons. The second kappa shape index (κ2) is 6.89. The second-order valence-corrected chi connectivity index (χ2v) is 5.02. The fourth-order valence-corrected chi connectivity index (χ4v) is 2.04. The first-order valence-corrected chi connectivity index (χ1v) is 6.91. The number of hydrogen-bond acceptors (Lipinski definition) is 3. The highest BCUT2D eigenvalue weighted by Gasteiger charge is 2.11. The van der Waals surface area contributed by atoms with E-state index in [-0.39, 0.29) is 5.92 Å². The first-order valence-electron chi connectivity index (χ1n) is 6.91. The third-order valence-corrected chi connectivity index (χ3v) is 3.04. The van der Waals surface area contributed by atoms with E-state index in [0.717, 1.165) is 30.7 Å². The molecule has 0 bridgehead atoms. The van der Waals surface area contributed by atoms with Crippen molar-refractivity contribution in [1.29, 1.82) is 0 Å². The lowest BCUT2D eigenvalue weighted by atomic mass is 10.1. The molecule has 4 nitrogen and oxygen atoms in total. The van der Waals surface area contributed by atoms with Crippen molar-refractivity contribution >= 4 is 6.29 Å². The number of rotatable bonds is 7. The highest BCUT2D eigenvalue weighted by atomic mass is 16.5. The number of hydrogen-bond donors (Lipinski definition) is 0. The molecule has 1 heterocycles. The van der Waals surface area contributed by atoms with E-state index in [1.807, 2.05) is 55.1 Å². The highest BCUT2D eigenvalue weighted by molar-refractivity contribution is 5.76. The minimum absolute atomic E-state index is 0.261. The summed E-state index contributed by atoms with van der Waals surface area (Å²) in [5.41, 5.74) is 1.55. The predicted molar refractivity (Wildman–Crippen MR) is 78.3 cm³/mol. The molecule has 0 aliphatic rings. The minimum atomic E-state index is 0.261. The number of para-hydroxylation sites is 1. The summed E-state index contributed by atoms with van der Waals surface area (Å²) in [5, 5.41) is 4.45. The fourth-order valence-electron chi connectivity index (χ4n) is 2.04. The maximum Gasteiger partial charge on any atom is 0.153 e. The van der Waals surface area contributed by atoms with Gasteiger partial charge in [-0.2, -0.15) is 5.10 Å². The zero-order chi connectivity index (χ0) is 14.4. The maximum absolute atomic E-state index is 11.0. The summed E-state index contributed by atoms with van der Waals surface area (Å²) in [6, 6.07) is 9.75. The van der Waals surface area contributed by atoms with E-state index < -0.39 is 0 Å². The van der Waals surface area contributed by atoms with Crippen LogP contribution < -0.4 is 4.74 Å². The quantitative estimate of drug-likeness (QED) is 0.574. The standard InChI is InChI=1S/C16H20N2O2/c1-13(2)16-14(12-19)11-18(17-16)9-6-10-20-15-7-4-3-5-8-15/h3-5,7-8,11-13H,6,9-10H2,1-2H3. The van der Waals surface area contributed by atoms with E-state index >= 15 is 0 Å². The third kappa shape index (κ3) is 3.70. The molecule has 20 heavy (non-hydrogen) atoms. The molecule has 0 spiro atoms. The Balaban J connectivity index is 1.84. The van der Waals surface area contributed by atoms with Gasteiger partial charge in [0.1, 0.15) is 5.75 Å². The summed E-state index contributed by atoms with van der Waals surface area (Å²) in [7, 11) is 0. The molecule has 0 saturated carbocycles. The number of ether oxygens (including phenoxy) is 1. The molecule has 1 aromatic carbocycles. The van der Waals surface area contributed by atoms with E-state index in [0.29, 0.717) is 12.2 Å². The first kappa shape index (κ1) is 14.3. The van der Waals surface area contributed by atoms with Gasteiger partial charge in [0.25, 0.3) is 0 Å². The molecular weight excluding hydrogens is 252 g/mol. The summed E-state index contributed by atoms with van der Waals surface area (Å²) in [5.74, 6) is 1.14. The predicted octanol–water partition coefficient (Wildman–Crippen LogP) is 3.29. The lowest BCUT2D eigenvalue weighted by Crippen LogP contribution is -2.05. The lowest BCUT2D eigenvalue weighted by molar-refractivity contribution is 0.112. The van der Waals surface area contributed by atoms with Gasteiger partial charge in [0.05, 0.1) is 17.9 Å². The van der Waals surface area contributed by atoms with E-state index in [2.05, 4.69) is 5.10 Å². The van der Waals surface area contributed by atoms with Crippen molar-refractivity contribution in [3.8, 4) is 5.75 Å². The Labute approximate surface area is 119 Å². The molecule has 0 unspecified atom stereocenters. The largest absolute Gasteiger partial charge is 0.494 e. The number of aromatic nitrogens is 2. The molecule has 0 atom stereocenters. The van der Waals surface area contributed by atoms with Crippen LogP contribution >= 0.6 is 0 Å². The molecule has 2 rings (SSSR count). The summed E-state index contributed by atoms with van der Waals surface area (Å²) in [4.78, 5) is 11.0. The Morgan fingerprint density at radius 2 is 2.05 bits per heavy atom. The van der Waals surface area contributed by atoms with Crippen molar-refractivity contribution in [2.75, 3.05) is 6.61 Å². The Morgan fingerprint density at radius 1 is 1.30 bits per heavy atom. The molecule has 0 saturated heterocycles. The molecular formula is C16H20N2O2. The van der Waals surface area contributed by atoms with Gasteiger partial charge in [-0.05, 0) is 18.1 Å². The summed E-state index contributed by atoms with van der Waals surface area (Å²) in [6.07, 6.45) is 3.54. The van der Waals surface area contributed by atoms with E-state index in [1.54, 1.807) is 0 Å². The average molecular weight is 272 g/mol. The van der Waals surface area contributed by atoms with Gasteiger partial charge >= 0.3 is 0 Å². The van der Waals surface area contributed by atoms with Gasteiger partial charge in [0, 0.05) is 19.2 Å². The van der Waals surface area contributed by atoms with Crippen molar-refractivity contribution in [1.82, 2.24) is 9.78 Å². The van der Waals surface area contributed by atoms with Crippen molar-refractivity contribution in [3.05, 3.63) is 47.8 Å². The van der Waals surface area contributed by atoms with Crippen LogP contribution in [0.15, 0.2) is 36.5 Å². The highest BCUT2D eigenvalue weighted by Crippen LogP contribution is 2.16. The monoisotopic (exact) mass is 272 g/mol. The molecule has 0 amide bonds. The number of nitrogens with zero attached hydrogens (tertiary/aromatic N) is 2. The number of carbonyl (C=O) groups excluding carboxylic acids is 1. The molecule has 0 aliphatic carbocycles. The normalized spacial score (nSPS) is 10.8. The Hall–Kier alpha value is -2.10. The van der Waals surface area contributed by atoms with E-state index in [9.17, 15) is 4.79 Å². The molecule has 0 N–H and O–H groups in total. The van der Waals surface area contributed by atoms with Crippen LogP contribution in [0, 0.1) is 0 Å². The molecule has 1 aromatic heterocycles. The first-order chi connectivity index (χ1) is 9.70.